The van der Waals surface area contributed by atoms with E-state index in [-0.39, 0.29) is 12.1 Å². The number of aryl methyl sites for hydroxylation is 1. The number of ether oxygens (including phenoxy) is 1. The number of halogens is 2. The van der Waals surface area contributed by atoms with Crippen LogP contribution >= 0.6 is 0 Å². The minimum atomic E-state index is -2.59. The molecule has 0 saturated carbocycles. The Labute approximate surface area is 158 Å². The molecule has 0 atom stereocenters. The smallest absolute Gasteiger partial charge is 0.410 e. The molecular formula is C18H16F2N6O2. The van der Waals surface area contributed by atoms with Crippen LogP contribution < -0.4 is 0 Å². The Bertz CT molecular complexity index is 1090. The highest BCUT2D eigenvalue weighted by molar-refractivity contribution is 5.71. The third-order valence-corrected chi connectivity index (χ3v) is 5.04. The number of carbonyl (C=O) groups excluding carboxylic acids is 1. The number of alkyl halides is 2. The van der Waals surface area contributed by atoms with Gasteiger partial charge in [0.05, 0.1) is 43.0 Å². The van der Waals surface area contributed by atoms with Crippen molar-refractivity contribution < 1.29 is 18.3 Å². The van der Waals surface area contributed by atoms with E-state index in [1.807, 2.05) is 11.5 Å². The largest absolute Gasteiger partial charge is 0.448 e. The number of carbonyl (C=O) groups is 1. The number of amides is 1. The lowest BCUT2D eigenvalue weighted by molar-refractivity contribution is 0.151. The lowest BCUT2D eigenvalue weighted by Gasteiger charge is -2.11. The molecule has 0 radical (unpaired) electrons. The highest BCUT2D eigenvalue weighted by atomic mass is 19.3. The van der Waals surface area contributed by atoms with E-state index in [1.54, 1.807) is 17.1 Å². The molecule has 144 valence electrons. The lowest BCUT2D eigenvalue weighted by atomic mass is 10.1. The van der Waals surface area contributed by atoms with Crippen LogP contribution in [-0.2, 0) is 17.8 Å². The van der Waals surface area contributed by atoms with E-state index in [4.69, 9.17) is 4.74 Å². The molecule has 3 aromatic rings. The van der Waals surface area contributed by atoms with Crippen LogP contribution in [-0.4, -0.2) is 48.5 Å². The van der Waals surface area contributed by atoms with Crippen LogP contribution in [0, 0.1) is 6.92 Å². The first-order chi connectivity index (χ1) is 13.5. The summed E-state index contributed by atoms with van der Waals surface area (Å²) in [7, 11) is 0. The Morgan fingerprint density at radius 2 is 2.18 bits per heavy atom. The number of imidazole rings is 1. The summed E-state index contributed by atoms with van der Waals surface area (Å²) in [5.41, 5.74) is 2.92. The van der Waals surface area contributed by atoms with E-state index in [9.17, 15) is 13.6 Å². The maximum atomic E-state index is 13.3. The first-order valence-corrected chi connectivity index (χ1v) is 8.82. The van der Waals surface area contributed by atoms with Gasteiger partial charge in [0.2, 0.25) is 0 Å². The zero-order valence-electron chi connectivity index (χ0n) is 15.0. The summed E-state index contributed by atoms with van der Waals surface area (Å²) in [4.78, 5) is 22.1. The number of rotatable bonds is 3. The molecule has 0 unspecified atom stereocenters. The fourth-order valence-electron chi connectivity index (χ4n) is 3.59. The molecule has 2 aliphatic heterocycles. The van der Waals surface area contributed by atoms with Crippen LogP contribution in [0.3, 0.4) is 0 Å². The Morgan fingerprint density at radius 1 is 1.32 bits per heavy atom. The highest BCUT2D eigenvalue weighted by Gasteiger charge is 2.28. The Balaban J connectivity index is 1.65. The third kappa shape index (κ3) is 2.55. The van der Waals surface area contributed by atoms with Crippen LogP contribution in [0.2, 0.25) is 0 Å². The molecule has 1 saturated heterocycles. The fourth-order valence-corrected chi connectivity index (χ4v) is 3.59. The Kier molecular flexibility index (Phi) is 3.68. The number of aromatic nitrogens is 5. The second kappa shape index (κ2) is 6.11. The van der Waals surface area contributed by atoms with Gasteiger partial charge in [-0.2, -0.15) is 5.10 Å². The summed E-state index contributed by atoms with van der Waals surface area (Å²) < 4.78 is 35.1. The van der Waals surface area contributed by atoms with Gasteiger partial charge in [0.25, 0.3) is 6.43 Å². The van der Waals surface area contributed by atoms with E-state index in [0.29, 0.717) is 36.9 Å². The van der Waals surface area contributed by atoms with Gasteiger partial charge in [0.15, 0.2) is 11.6 Å². The molecular weight excluding hydrogens is 370 g/mol. The van der Waals surface area contributed by atoms with Crippen LogP contribution in [0.25, 0.3) is 17.1 Å². The van der Waals surface area contributed by atoms with Crippen molar-refractivity contribution in [1.82, 2.24) is 29.2 Å². The van der Waals surface area contributed by atoms with Crippen molar-refractivity contribution in [3.8, 4) is 17.1 Å². The zero-order chi connectivity index (χ0) is 19.4. The summed E-state index contributed by atoms with van der Waals surface area (Å²) in [6, 6.07) is 4.51. The van der Waals surface area contributed by atoms with E-state index >= 15 is 0 Å². The molecule has 0 bridgehead atoms. The minimum absolute atomic E-state index is 0.0849. The molecule has 1 aromatic carbocycles. The normalized spacial score (nSPS) is 15.3. The molecule has 2 aliphatic rings. The number of benzene rings is 1. The van der Waals surface area contributed by atoms with Crippen LogP contribution in [0.1, 0.15) is 29.2 Å². The van der Waals surface area contributed by atoms with Gasteiger partial charge >= 0.3 is 6.09 Å². The lowest BCUT2D eigenvalue weighted by Crippen LogP contribution is -2.24. The average molecular weight is 386 g/mol. The molecule has 0 aliphatic carbocycles. The Hall–Kier alpha value is -3.30. The molecule has 28 heavy (non-hydrogen) atoms. The quantitative estimate of drug-likeness (QED) is 0.541. The summed E-state index contributed by atoms with van der Waals surface area (Å²) in [5.74, 6) is 0.927. The van der Waals surface area contributed by atoms with Crippen LogP contribution in [0.5, 0.6) is 0 Å². The molecule has 10 heteroatoms. The third-order valence-electron chi connectivity index (χ3n) is 5.04. The van der Waals surface area contributed by atoms with Crippen molar-refractivity contribution in [3.63, 3.8) is 0 Å². The summed E-state index contributed by atoms with van der Waals surface area (Å²) in [6.07, 6.45) is -1.31. The summed E-state index contributed by atoms with van der Waals surface area (Å²) >= 11 is 0. The number of fused-ring (bicyclic) bond motifs is 5. The van der Waals surface area contributed by atoms with Crippen molar-refractivity contribution in [2.75, 3.05) is 13.2 Å². The van der Waals surface area contributed by atoms with E-state index < -0.39 is 12.5 Å². The first kappa shape index (κ1) is 16.8. The van der Waals surface area contributed by atoms with Crippen molar-refractivity contribution in [1.29, 1.82) is 0 Å². The van der Waals surface area contributed by atoms with Gasteiger partial charge in [-0.1, -0.05) is 6.07 Å². The van der Waals surface area contributed by atoms with Gasteiger partial charge in [-0.15, -0.1) is 0 Å². The van der Waals surface area contributed by atoms with Crippen LogP contribution in [0.15, 0.2) is 24.5 Å². The Morgan fingerprint density at radius 3 is 2.93 bits per heavy atom. The van der Waals surface area contributed by atoms with Gasteiger partial charge in [0.1, 0.15) is 6.61 Å². The van der Waals surface area contributed by atoms with Crippen molar-refractivity contribution in [2.45, 2.75) is 26.4 Å². The predicted octanol–water partition coefficient (Wildman–Crippen LogP) is 2.69. The predicted molar refractivity (Wildman–Crippen MR) is 93.1 cm³/mol. The van der Waals surface area contributed by atoms with Crippen molar-refractivity contribution in [2.24, 2.45) is 0 Å². The zero-order valence-corrected chi connectivity index (χ0v) is 15.0. The highest BCUT2D eigenvalue weighted by Crippen LogP contribution is 2.34. The van der Waals surface area contributed by atoms with E-state index in [1.165, 1.54) is 17.0 Å². The van der Waals surface area contributed by atoms with Gasteiger partial charge in [-0.3, -0.25) is 4.90 Å². The molecule has 1 fully saturated rings. The van der Waals surface area contributed by atoms with Gasteiger partial charge in [-0.05, 0) is 19.1 Å². The van der Waals surface area contributed by atoms with E-state index in [0.717, 1.165) is 17.1 Å². The fraction of sp³-hybridized carbons (Fsp3) is 0.333. The second-order valence-electron chi connectivity index (χ2n) is 6.77. The molecule has 5 rings (SSSR count). The van der Waals surface area contributed by atoms with Gasteiger partial charge in [0, 0.05) is 11.1 Å². The number of cyclic esters (lactones) is 1. The maximum Gasteiger partial charge on any atom is 0.410 e. The monoisotopic (exact) mass is 386 g/mol. The molecule has 0 spiro atoms. The van der Waals surface area contributed by atoms with Gasteiger partial charge < -0.3 is 9.30 Å². The van der Waals surface area contributed by atoms with Crippen LogP contribution in [0.4, 0.5) is 13.6 Å². The SMILES string of the molecule is Cc1ncn2c1Cn1nc(CN3CCOC3=O)nc1-c1cc(C(F)F)ccc1-2. The number of nitrogens with zero attached hydrogens (tertiary/aromatic N) is 6. The topological polar surface area (TPSA) is 78.1 Å². The average Bonchev–Trinajstić information content (AvgIpc) is 3.34. The molecule has 1 amide bonds. The maximum absolute atomic E-state index is 13.3. The first-order valence-electron chi connectivity index (χ1n) is 8.82. The molecule has 0 N–H and O–H groups in total. The standard InChI is InChI=1S/C18H16F2N6O2/c1-10-14-7-26-17(22-15(23-26)8-24-4-5-28-18(24)27)12-6-11(16(19)20)2-3-13(12)25(14)9-21-10/h2-3,6,9,16H,4-5,7-8H2,1H3. The number of hydrogen-bond donors (Lipinski definition) is 0. The van der Waals surface area contributed by atoms with Crippen molar-refractivity contribution >= 4 is 6.09 Å². The van der Waals surface area contributed by atoms with Gasteiger partial charge in [-0.25, -0.2) is 28.2 Å². The van der Waals surface area contributed by atoms with Crippen molar-refractivity contribution in [3.05, 3.63) is 47.3 Å². The number of hydrogen-bond acceptors (Lipinski definition) is 5. The minimum Gasteiger partial charge on any atom is -0.448 e. The molecule has 8 nitrogen and oxygen atoms in total. The summed E-state index contributed by atoms with van der Waals surface area (Å²) in [5, 5.41) is 4.53. The summed E-state index contributed by atoms with van der Waals surface area (Å²) in [6.45, 7) is 3.31. The molecule has 2 aromatic heterocycles. The second-order valence-corrected chi connectivity index (χ2v) is 6.77. The molecule has 4 heterocycles. The van der Waals surface area contributed by atoms with E-state index in [2.05, 4.69) is 15.1 Å².